The van der Waals surface area contributed by atoms with Crippen molar-refractivity contribution >= 4 is 11.6 Å². The van der Waals surface area contributed by atoms with Crippen LogP contribution in [0.3, 0.4) is 0 Å². The lowest BCUT2D eigenvalue weighted by molar-refractivity contribution is -0.135. The van der Waals surface area contributed by atoms with E-state index in [9.17, 15) is 9.59 Å². The topological polar surface area (TPSA) is 34.1 Å². The zero-order valence-electron chi connectivity index (χ0n) is 13.8. The maximum absolute atomic E-state index is 12.1. The summed E-state index contributed by atoms with van der Waals surface area (Å²) in [5, 5.41) is 0. The fourth-order valence-electron chi connectivity index (χ4n) is 5.33. The van der Waals surface area contributed by atoms with Crippen molar-refractivity contribution in [3.63, 3.8) is 0 Å². The summed E-state index contributed by atoms with van der Waals surface area (Å²) in [6, 6.07) is 0. The molecule has 1 unspecified atom stereocenters. The lowest BCUT2D eigenvalue weighted by Gasteiger charge is -2.53. The van der Waals surface area contributed by atoms with Gasteiger partial charge in [0.1, 0.15) is 5.78 Å². The Labute approximate surface area is 128 Å². The minimum Gasteiger partial charge on any atom is -0.299 e. The van der Waals surface area contributed by atoms with Gasteiger partial charge in [0.2, 0.25) is 0 Å². The summed E-state index contributed by atoms with van der Waals surface area (Å²) in [5.41, 5.74) is 1.29. The number of ketones is 2. The number of hydrogen-bond acceptors (Lipinski definition) is 2. The van der Waals surface area contributed by atoms with Gasteiger partial charge in [-0.3, -0.25) is 9.59 Å². The maximum Gasteiger partial charge on any atom is 0.158 e. The summed E-state index contributed by atoms with van der Waals surface area (Å²) in [7, 11) is 0. The average molecular weight is 288 g/mol. The van der Waals surface area contributed by atoms with Gasteiger partial charge in [-0.05, 0) is 68.8 Å². The molecule has 0 saturated heterocycles. The number of allylic oxidation sites excluding steroid dienone is 2. The second-order valence-electron chi connectivity index (χ2n) is 8.03. The van der Waals surface area contributed by atoms with Crippen molar-refractivity contribution in [1.29, 1.82) is 0 Å². The second kappa shape index (κ2) is 5.07. The highest BCUT2D eigenvalue weighted by Gasteiger charge is 2.51. The van der Waals surface area contributed by atoms with E-state index in [-0.39, 0.29) is 11.3 Å². The molecule has 0 radical (unpaired) electrons. The molecule has 3 aliphatic carbocycles. The van der Waals surface area contributed by atoms with Crippen LogP contribution in [-0.4, -0.2) is 11.6 Å². The van der Waals surface area contributed by atoms with Crippen molar-refractivity contribution in [3.05, 3.63) is 11.6 Å². The Kier molecular flexibility index (Phi) is 3.62. The minimum absolute atomic E-state index is 0.127. The summed E-state index contributed by atoms with van der Waals surface area (Å²) < 4.78 is 0. The molecule has 0 aromatic rings. The Balaban J connectivity index is 1.88. The fourth-order valence-corrected chi connectivity index (χ4v) is 5.33. The first-order chi connectivity index (χ1) is 9.84. The third-order valence-electron chi connectivity index (χ3n) is 7.18. The Hall–Kier alpha value is -0.920. The smallest absolute Gasteiger partial charge is 0.158 e. The predicted molar refractivity (Wildman–Crippen MR) is 83.8 cm³/mol. The predicted octanol–water partition coefficient (Wildman–Crippen LogP) is 4.19. The molecular weight excluding hydrogens is 260 g/mol. The number of Topliss-reactive ketones (excluding diaryl/α,β-unsaturated/α-hetero) is 1. The van der Waals surface area contributed by atoms with E-state index in [1.54, 1.807) is 6.92 Å². The van der Waals surface area contributed by atoms with Gasteiger partial charge in [-0.1, -0.05) is 26.3 Å². The van der Waals surface area contributed by atoms with Crippen LogP contribution in [-0.2, 0) is 9.59 Å². The van der Waals surface area contributed by atoms with E-state index in [0.29, 0.717) is 35.2 Å². The Morgan fingerprint density at radius 3 is 2.62 bits per heavy atom. The molecule has 116 valence electrons. The molecule has 2 saturated carbocycles. The zero-order valence-corrected chi connectivity index (χ0v) is 13.8. The average Bonchev–Trinajstić information content (AvgIpc) is 2.44. The van der Waals surface area contributed by atoms with Crippen LogP contribution in [0.2, 0.25) is 0 Å². The van der Waals surface area contributed by atoms with Crippen molar-refractivity contribution in [2.24, 2.45) is 35.0 Å². The van der Waals surface area contributed by atoms with Crippen LogP contribution >= 0.6 is 0 Å². The highest BCUT2D eigenvalue weighted by molar-refractivity contribution is 5.93. The van der Waals surface area contributed by atoms with Gasteiger partial charge in [0.15, 0.2) is 5.78 Å². The van der Waals surface area contributed by atoms with Crippen molar-refractivity contribution in [2.75, 3.05) is 0 Å². The largest absolute Gasteiger partial charge is 0.299 e. The molecule has 0 heterocycles. The molecular formula is C19H28O2. The van der Waals surface area contributed by atoms with Crippen LogP contribution in [0.5, 0.6) is 0 Å². The van der Waals surface area contributed by atoms with Gasteiger partial charge >= 0.3 is 0 Å². The number of rotatable bonds is 1. The SMILES string of the molecule is CC(=O)[C@@]1(C)CC[C@@H]2[C@H]3C[C@@H](C)C(=O)C=C3CC[C@H]2C1C. The first-order valence-corrected chi connectivity index (χ1v) is 8.60. The third-order valence-corrected chi connectivity index (χ3v) is 7.18. The van der Waals surface area contributed by atoms with E-state index in [4.69, 9.17) is 0 Å². The maximum atomic E-state index is 12.1. The summed E-state index contributed by atoms with van der Waals surface area (Å²) in [4.78, 5) is 24.1. The Morgan fingerprint density at radius 2 is 1.95 bits per heavy atom. The van der Waals surface area contributed by atoms with E-state index in [0.717, 1.165) is 25.7 Å². The summed E-state index contributed by atoms with van der Waals surface area (Å²) in [5.74, 6) is 3.32. The molecule has 2 nitrogen and oxygen atoms in total. The highest BCUT2D eigenvalue weighted by Crippen LogP contribution is 2.56. The van der Waals surface area contributed by atoms with Crippen LogP contribution < -0.4 is 0 Å². The second-order valence-corrected chi connectivity index (χ2v) is 8.03. The molecule has 3 aliphatic rings. The van der Waals surface area contributed by atoms with Gasteiger partial charge in [-0.2, -0.15) is 0 Å². The van der Waals surface area contributed by atoms with Crippen molar-refractivity contribution in [3.8, 4) is 0 Å². The third kappa shape index (κ3) is 2.22. The Bertz CT molecular complexity index is 504. The molecule has 0 N–H and O–H groups in total. The van der Waals surface area contributed by atoms with Gasteiger partial charge in [0.25, 0.3) is 0 Å². The van der Waals surface area contributed by atoms with Crippen LogP contribution in [0, 0.1) is 35.0 Å². The molecule has 2 heteroatoms. The van der Waals surface area contributed by atoms with E-state index < -0.39 is 0 Å². The van der Waals surface area contributed by atoms with E-state index in [2.05, 4.69) is 20.8 Å². The monoisotopic (exact) mass is 288 g/mol. The van der Waals surface area contributed by atoms with Gasteiger partial charge in [0.05, 0.1) is 0 Å². The van der Waals surface area contributed by atoms with Gasteiger partial charge in [0, 0.05) is 11.3 Å². The number of hydrogen-bond donors (Lipinski definition) is 0. The molecule has 21 heavy (non-hydrogen) atoms. The summed E-state index contributed by atoms with van der Waals surface area (Å²) in [6.07, 6.45) is 7.42. The molecule has 0 aromatic heterocycles. The van der Waals surface area contributed by atoms with Crippen molar-refractivity contribution in [2.45, 2.75) is 59.8 Å². The number of carbonyl (C=O) groups is 2. The zero-order chi connectivity index (χ0) is 15.4. The molecule has 0 aliphatic heterocycles. The highest BCUT2D eigenvalue weighted by atomic mass is 16.1. The van der Waals surface area contributed by atoms with E-state index >= 15 is 0 Å². The van der Waals surface area contributed by atoms with Gasteiger partial charge in [-0.25, -0.2) is 0 Å². The standard InChI is InChI=1S/C19H28O2/c1-11-9-17-14(10-18(11)21)5-6-15-12(2)19(4,13(3)20)8-7-16(15)17/h10-12,15-17H,5-9H2,1-4H3/t11-,12?,15+,16+,17+,19+/m1/s1. The van der Waals surface area contributed by atoms with Crippen LogP contribution in [0.4, 0.5) is 0 Å². The summed E-state index contributed by atoms with van der Waals surface area (Å²) in [6.45, 7) is 8.32. The quantitative estimate of drug-likeness (QED) is 0.725. The molecule has 0 amide bonds. The normalized spacial score (nSPS) is 46.4. The molecule has 0 aromatic carbocycles. The van der Waals surface area contributed by atoms with Crippen LogP contribution in [0.25, 0.3) is 0 Å². The number of fused-ring (bicyclic) bond motifs is 3. The van der Waals surface area contributed by atoms with Crippen molar-refractivity contribution < 1.29 is 9.59 Å². The van der Waals surface area contributed by atoms with E-state index in [1.165, 1.54) is 12.0 Å². The molecule has 3 rings (SSSR count). The van der Waals surface area contributed by atoms with E-state index in [1.807, 2.05) is 6.08 Å². The van der Waals surface area contributed by atoms with Crippen LogP contribution in [0.1, 0.15) is 59.8 Å². The molecule has 0 spiro atoms. The van der Waals surface area contributed by atoms with Gasteiger partial charge < -0.3 is 0 Å². The van der Waals surface area contributed by atoms with Crippen molar-refractivity contribution in [1.82, 2.24) is 0 Å². The van der Waals surface area contributed by atoms with Gasteiger partial charge in [-0.15, -0.1) is 0 Å². The summed E-state index contributed by atoms with van der Waals surface area (Å²) >= 11 is 0. The Morgan fingerprint density at radius 1 is 1.24 bits per heavy atom. The first-order valence-electron chi connectivity index (χ1n) is 8.60. The van der Waals surface area contributed by atoms with Crippen LogP contribution in [0.15, 0.2) is 11.6 Å². The molecule has 2 fully saturated rings. The molecule has 0 bridgehead atoms. The lowest BCUT2D eigenvalue weighted by atomic mass is 9.51. The fraction of sp³-hybridized carbons (Fsp3) is 0.789. The lowest BCUT2D eigenvalue weighted by Crippen LogP contribution is -2.48. The first kappa shape index (κ1) is 15.0. The minimum atomic E-state index is -0.127. The molecule has 6 atom stereocenters. The number of carbonyl (C=O) groups excluding carboxylic acids is 2.